The van der Waals surface area contributed by atoms with Gasteiger partial charge in [0.15, 0.2) is 5.60 Å². The molecule has 0 saturated carbocycles. The van der Waals surface area contributed by atoms with E-state index in [-0.39, 0.29) is 5.60 Å². The molecule has 2 unspecified atom stereocenters. The minimum atomic E-state index is -0.193. The SMILES string of the molecule is CCC1(Oc2ccc3c(c2)C(c2cc(N4CC5CCC(C4)O5)ncn2)=NC3)COC1. The Kier molecular flexibility index (Phi) is 4.28. The van der Waals surface area contributed by atoms with Crippen LogP contribution in [-0.4, -0.2) is 59.8 Å². The summed E-state index contributed by atoms with van der Waals surface area (Å²) in [4.78, 5) is 16.2. The van der Waals surface area contributed by atoms with Crippen LogP contribution in [0.1, 0.15) is 43.0 Å². The van der Waals surface area contributed by atoms with E-state index in [1.165, 1.54) is 5.56 Å². The van der Waals surface area contributed by atoms with Gasteiger partial charge in [0.05, 0.1) is 43.4 Å². The number of fused-ring (bicyclic) bond motifs is 3. The fourth-order valence-electron chi connectivity index (χ4n) is 4.81. The van der Waals surface area contributed by atoms with Crippen LogP contribution in [0.25, 0.3) is 0 Å². The fourth-order valence-corrected chi connectivity index (χ4v) is 4.81. The van der Waals surface area contributed by atoms with Crippen LogP contribution < -0.4 is 9.64 Å². The number of benzene rings is 1. The Balaban J connectivity index is 1.27. The number of aromatic nitrogens is 2. The standard InChI is InChI=1S/C23H26N4O3/c1-2-23(12-28-13-23)30-16-4-3-15-9-24-22(19(15)7-16)20-8-21(26-14-25-20)27-10-17-5-6-18(11-27)29-17/h3-4,7-8,14,17-18H,2,5-6,9-13H2,1H3. The molecule has 0 radical (unpaired) electrons. The Morgan fingerprint density at radius 3 is 2.70 bits per heavy atom. The number of anilines is 1. The molecule has 2 aromatic rings. The van der Waals surface area contributed by atoms with Gasteiger partial charge in [-0.15, -0.1) is 0 Å². The van der Waals surface area contributed by atoms with E-state index in [4.69, 9.17) is 19.2 Å². The zero-order valence-corrected chi connectivity index (χ0v) is 17.2. The molecule has 4 aliphatic rings. The van der Waals surface area contributed by atoms with Gasteiger partial charge in [0.25, 0.3) is 0 Å². The molecule has 0 spiro atoms. The first-order valence-corrected chi connectivity index (χ1v) is 10.9. The smallest absolute Gasteiger partial charge is 0.155 e. The van der Waals surface area contributed by atoms with Crippen molar-refractivity contribution >= 4 is 11.5 Å². The maximum absolute atomic E-state index is 6.31. The minimum Gasteiger partial charge on any atom is -0.482 e. The Morgan fingerprint density at radius 2 is 1.97 bits per heavy atom. The van der Waals surface area contributed by atoms with Gasteiger partial charge < -0.3 is 19.1 Å². The summed E-state index contributed by atoms with van der Waals surface area (Å²) in [7, 11) is 0. The van der Waals surface area contributed by atoms with Gasteiger partial charge in [-0.05, 0) is 37.0 Å². The number of aliphatic imine (C=N–C) groups is 1. The van der Waals surface area contributed by atoms with E-state index in [1.807, 2.05) is 6.07 Å². The molecular formula is C23H26N4O3. The maximum Gasteiger partial charge on any atom is 0.155 e. The third-order valence-electron chi connectivity index (χ3n) is 6.72. The molecule has 0 aliphatic carbocycles. The molecule has 7 nitrogen and oxygen atoms in total. The van der Waals surface area contributed by atoms with Crippen molar-refractivity contribution in [1.82, 2.24) is 9.97 Å². The van der Waals surface area contributed by atoms with E-state index in [0.29, 0.717) is 32.0 Å². The first kappa shape index (κ1) is 18.3. The van der Waals surface area contributed by atoms with Crippen molar-refractivity contribution in [2.75, 3.05) is 31.2 Å². The van der Waals surface area contributed by atoms with Crippen LogP contribution in [-0.2, 0) is 16.0 Å². The van der Waals surface area contributed by atoms with Crippen molar-refractivity contribution in [3.05, 3.63) is 47.4 Å². The van der Waals surface area contributed by atoms with E-state index in [1.54, 1.807) is 6.33 Å². The molecule has 7 heteroatoms. The molecule has 2 atom stereocenters. The molecule has 4 aliphatic heterocycles. The number of hydrogen-bond donors (Lipinski definition) is 0. The molecule has 2 bridgehead atoms. The molecule has 6 rings (SSSR count). The molecule has 1 aromatic heterocycles. The third-order valence-corrected chi connectivity index (χ3v) is 6.72. The molecule has 30 heavy (non-hydrogen) atoms. The summed E-state index contributed by atoms with van der Waals surface area (Å²) in [5.41, 5.74) is 3.91. The highest BCUT2D eigenvalue weighted by Crippen LogP contribution is 2.33. The summed E-state index contributed by atoms with van der Waals surface area (Å²) >= 11 is 0. The molecule has 0 N–H and O–H groups in total. The Hall–Kier alpha value is -2.51. The average molecular weight is 406 g/mol. The number of nitrogens with zero attached hydrogens (tertiary/aromatic N) is 4. The van der Waals surface area contributed by atoms with Crippen molar-refractivity contribution in [3.63, 3.8) is 0 Å². The van der Waals surface area contributed by atoms with Gasteiger partial charge in [-0.2, -0.15) is 0 Å². The van der Waals surface area contributed by atoms with Crippen LogP contribution in [0, 0.1) is 0 Å². The monoisotopic (exact) mass is 406 g/mol. The van der Waals surface area contributed by atoms with Gasteiger partial charge in [-0.3, -0.25) is 4.99 Å². The molecule has 5 heterocycles. The fraction of sp³-hybridized carbons (Fsp3) is 0.522. The first-order chi connectivity index (χ1) is 14.7. The molecular weight excluding hydrogens is 380 g/mol. The van der Waals surface area contributed by atoms with Crippen LogP contribution in [0.5, 0.6) is 5.75 Å². The lowest BCUT2D eigenvalue weighted by molar-refractivity contribution is -0.162. The summed E-state index contributed by atoms with van der Waals surface area (Å²) in [6.45, 7) is 5.91. The molecule has 0 amide bonds. The van der Waals surface area contributed by atoms with Gasteiger partial charge >= 0.3 is 0 Å². The lowest BCUT2D eigenvalue weighted by Gasteiger charge is -2.40. The lowest BCUT2D eigenvalue weighted by atomic mass is 9.98. The quantitative estimate of drug-likeness (QED) is 0.761. The second-order valence-corrected chi connectivity index (χ2v) is 8.74. The largest absolute Gasteiger partial charge is 0.482 e. The molecule has 1 aromatic carbocycles. The van der Waals surface area contributed by atoms with E-state index >= 15 is 0 Å². The summed E-state index contributed by atoms with van der Waals surface area (Å²) in [6, 6.07) is 8.33. The van der Waals surface area contributed by atoms with Crippen LogP contribution in [0.2, 0.25) is 0 Å². The Morgan fingerprint density at radius 1 is 1.13 bits per heavy atom. The second kappa shape index (κ2) is 7.03. The summed E-state index contributed by atoms with van der Waals surface area (Å²) < 4.78 is 17.7. The average Bonchev–Trinajstić information content (AvgIpc) is 3.32. The van der Waals surface area contributed by atoms with Crippen molar-refractivity contribution < 1.29 is 14.2 Å². The molecule has 3 saturated heterocycles. The summed E-state index contributed by atoms with van der Waals surface area (Å²) in [5.74, 6) is 1.83. The van der Waals surface area contributed by atoms with Crippen LogP contribution in [0.3, 0.4) is 0 Å². The molecule has 3 fully saturated rings. The highest BCUT2D eigenvalue weighted by atomic mass is 16.6. The van der Waals surface area contributed by atoms with Gasteiger partial charge in [-0.25, -0.2) is 9.97 Å². The van der Waals surface area contributed by atoms with Gasteiger partial charge in [0, 0.05) is 24.7 Å². The third kappa shape index (κ3) is 3.08. The predicted octanol–water partition coefficient (Wildman–Crippen LogP) is 2.75. The van der Waals surface area contributed by atoms with E-state index in [0.717, 1.165) is 60.9 Å². The van der Waals surface area contributed by atoms with Gasteiger partial charge in [0.2, 0.25) is 0 Å². The molecule has 156 valence electrons. The minimum absolute atomic E-state index is 0.193. The van der Waals surface area contributed by atoms with Crippen molar-refractivity contribution in [1.29, 1.82) is 0 Å². The van der Waals surface area contributed by atoms with Gasteiger partial charge in [-0.1, -0.05) is 13.0 Å². The van der Waals surface area contributed by atoms with E-state index in [2.05, 4.69) is 40.0 Å². The van der Waals surface area contributed by atoms with E-state index in [9.17, 15) is 0 Å². The van der Waals surface area contributed by atoms with Crippen molar-refractivity contribution in [3.8, 4) is 5.75 Å². The Bertz CT molecular complexity index is 986. The van der Waals surface area contributed by atoms with E-state index < -0.39 is 0 Å². The Labute approximate surface area is 176 Å². The second-order valence-electron chi connectivity index (χ2n) is 8.74. The van der Waals surface area contributed by atoms with Crippen LogP contribution in [0.15, 0.2) is 35.6 Å². The summed E-state index contributed by atoms with van der Waals surface area (Å²) in [5, 5.41) is 0. The van der Waals surface area contributed by atoms with Crippen molar-refractivity contribution in [2.45, 2.75) is 50.5 Å². The first-order valence-electron chi connectivity index (χ1n) is 10.9. The van der Waals surface area contributed by atoms with Gasteiger partial charge in [0.1, 0.15) is 17.9 Å². The lowest BCUT2D eigenvalue weighted by Crippen LogP contribution is -2.53. The highest BCUT2D eigenvalue weighted by molar-refractivity contribution is 6.14. The zero-order valence-electron chi connectivity index (χ0n) is 17.2. The zero-order chi connectivity index (χ0) is 20.1. The van der Waals surface area contributed by atoms with Crippen LogP contribution in [0.4, 0.5) is 5.82 Å². The maximum atomic E-state index is 6.31. The number of rotatable bonds is 5. The number of ether oxygens (including phenoxy) is 3. The summed E-state index contributed by atoms with van der Waals surface area (Å²) in [6.07, 6.45) is 5.53. The number of hydrogen-bond acceptors (Lipinski definition) is 7. The normalized spacial score (nSPS) is 26.2. The topological polar surface area (TPSA) is 69.1 Å². The van der Waals surface area contributed by atoms with Crippen molar-refractivity contribution in [2.24, 2.45) is 4.99 Å². The number of morpholine rings is 1. The predicted molar refractivity (Wildman–Crippen MR) is 112 cm³/mol. The van der Waals surface area contributed by atoms with Crippen LogP contribution >= 0.6 is 0 Å². The highest BCUT2D eigenvalue weighted by Gasteiger charge is 2.39.